The van der Waals surface area contributed by atoms with Crippen LogP contribution < -0.4 is 5.32 Å². The highest BCUT2D eigenvalue weighted by Crippen LogP contribution is 2.36. The summed E-state index contributed by atoms with van der Waals surface area (Å²) in [6.45, 7) is 1.86. The molecule has 1 heterocycles. The summed E-state index contributed by atoms with van der Waals surface area (Å²) < 4.78 is 0. The van der Waals surface area contributed by atoms with Gasteiger partial charge in [0, 0.05) is 39.5 Å². The summed E-state index contributed by atoms with van der Waals surface area (Å²) in [5, 5.41) is 5.41. The van der Waals surface area contributed by atoms with E-state index in [9.17, 15) is 4.79 Å². The van der Waals surface area contributed by atoms with E-state index in [4.69, 9.17) is 0 Å². The van der Waals surface area contributed by atoms with E-state index in [1.54, 1.807) is 0 Å². The lowest BCUT2D eigenvalue weighted by atomic mass is 10.0. The third kappa shape index (κ3) is 2.35. The van der Waals surface area contributed by atoms with Crippen molar-refractivity contribution in [2.45, 2.75) is 13.3 Å². The van der Waals surface area contributed by atoms with Crippen molar-refractivity contribution in [3.8, 4) is 11.1 Å². The number of hydrogen-bond acceptors (Lipinski definition) is 1. The Morgan fingerprint density at radius 2 is 1.58 bits per heavy atom. The Labute approximate surface area is 140 Å². The second-order valence-electron chi connectivity index (χ2n) is 5.85. The highest BCUT2D eigenvalue weighted by molar-refractivity contribution is 6.13. The van der Waals surface area contributed by atoms with E-state index < -0.39 is 0 Å². The van der Waals surface area contributed by atoms with Gasteiger partial charge in [0.05, 0.1) is 5.52 Å². The zero-order valence-corrected chi connectivity index (χ0v) is 13.5. The monoisotopic (exact) mass is 314 g/mol. The molecule has 4 aromatic rings. The fourth-order valence-corrected chi connectivity index (χ4v) is 3.16. The minimum atomic E-state index is 0.0197. The molecule has 0 aliphatic rings. The Morgan fingerprint density at radius 3 is 2.46 bits per heavy atom. The molecule has 0 fully saturated rings. The van der Waals surface area contributed by atoms with E-state index in [0.717, 1.165) is 27.8 Å². The molecule has 24 heavy (non-hydrogen) atoms. The van der Waals surface area contributed by atoms with Crippen LogP contribution in [0.2, 0.25) is 0 Å². The molecule has 3 nitrogen and oxygen atoms in total. The number of nitrogens with one attached hydrogen (secondary N) is 2. The summed E-state index contributed by atoms with van der Waals surface area (Å²) in [6.07, 6.45) is 0.463. The first kappa shape index (κ1) is 14.5. The molecule has 2 N–H and O–H groups in total. The molecule has 0 aliphatic carbocycles. The van der Waals surface area contributed by atoms with Crippen LogP contribution in [0.3, 0.4) is 0 Å². The molecular formula is C21H18N2O. The average Bonchev–Trinajstić information content (AvgIpc) is 3.01. The summed E-state index contributed by atoms with van der Waals surface area (Å²) >= 11 is 0. The van der Waals surface area contributed by atoms with E-state index in [-0.39, 0.29) is 5.91 Å². The van der Waals surface area contributed by atoms with E-state index >= 15 is 0 Å². The third-order valence-corrected chi connectivity index (χ3v) is 4.35. The van der Waals surface area contributed by atoms with Crippen molar-refractivity contribution in [1.82, 2.24) is 4.98 Å². The first-order valence-electron chi connectivity index (χ1n) is 8.16. The van der Waals surface area contributed by atoms with Crippen molar-refractivity contribution >= 4 is 33.4 Å². The topological polar surface area (TPSA) is 44.9 Å². The number of aromatic nitrogens is 1. The number of anilines is 1. The summed E-state index contributed by atoms with van der Waals surface area (Å²) in [7, 11) is 0. The van der Waals surface area contributed by atoms with Gasteiger partial charge in [0.25, 0.3) is 0 Å². The van der Waals surface area contributed by atoms with Crippen molar-refractivity contribution in [3.63, 3.8) is 0 Å². The van der Waals surface area contributed by atoms with E-state index in [0.29, 0.717) is 6.42 Å². The Morgan fingerprint density at radius 1 is 0.875 bits per heavy atom. The third-order valence-electron chi connectivity index (χ3n) is 4.35. The van der Waals surface area contributed by atoms with Gasteiger partial charge < -0.3 is 10.3 Å². The maximum atomic E-state index is 11.9. The molecule has 3 aromatic carbocycles. The van der Waals surface area contributed by atoms with Gasteiger partial charge in [-0.2, -0.15) is 0 Å². The molecule has 1 amide bonds. The molecule has 1 aromatic heterocycles. The van der Waals surface area contributed by atoms with Crippen molar-refractivity contribution in [2.75, 3.05) is 5.32 Å². The van der Waals surface area contributed by atoms with Gasteiger partial charge in [-0.15, -0.1) is 0 Å². The summed E-state index contributed by atoms with van der Waals surface area (Å²) in [5.74, 6) is 0.0197. The van der Waals surface area contributed by atoms with Crippen LogP contribution in [0.5, 0.6) is 0 Å². The van der Waals surface area contributed by atoms with Crippen LogP contribution in [0, 0.1) is 0 Å². The smallest absolute Gasteiger partial charge is 0.224 e. The largest absolute Gasteiger partial charge is 0.354 e. The van der Waals surface area contributed by atoms with Gasteiger partial charge in [-0.3, -0.25) is 4.79 Å². The Balaban J connectivity index is 1.96. The van der Waals surface area contributed by atoms with Crippen LogP contribution in [-0.4, -0.2) is 10.9 Å². The second-order valence-corrected chi connectivity index (χ2v) is 5.85. The highest BCUT2D eigenvalue weighted by Gasteiger charge is 2.12. The molecule has 4 rings (SSSR count). The number of rotatable bonds is 3. The van der Waals surface area contributed by atoms with Gasteiger partial charge in [0.15, 0.2) is 0 Å². The number of benzene rings is 3. The van der Waals surface area contributed by atoms with Gasteiger partial charge in [0.1, 0.15) is 0 Å². The first-order valence-corrected chi connectivity index (χ1v) is 8.16. The first-order chi connectivity index (χ1) is 11.8. The lowest BCUT2D eigenvalue weighted by molar-refractivity contribution is -0.115. The Hall–Kier alpha value is -3.07. The van der Waals surface area contributed by atoms with E-state index in [2.05, 4.69) is 46.7 Å². The molecule has 0 bridgehead atoms. The SMILES string of the molecule is CCC(=O)Nc1ccccc1-c1cccc2c1[nH]c1ccccc12. The number of H-pyrrole nitrogens is 1. The number of amides is 1. The maximum Gasteiger partial charge on any atom is 0.224 e. The minimum absolute atomic E-state index is 0.0197. The normalized spacial score (nSPS) is 11.0. The zero-order valence-electron chi connectivity index (χ0n) is 13.5. The fourth-order valence-electron chi connectivity index (χ4n) is 3.16. The Bertz CT molecular complexity index is 1050. The van der Waals surface area contributed by atoms with Gasteiger partial charge in [0.2, 0.25) is 5.91 Å². The van der Waals surface area contributed by atoms with Crippen molar-refractivity contribution in [1.29, 1.82) is 0 Å². The summed E-state index contributed by atoms with van der Waals surface area (Å²) in [6, 6.07) is 22.5. The molecule has 118 valence electrons. The standard InChI is InChI=1S/C21H18N2O/c1-2-20(24)22-18-12-5-3-8-14(18)16-10-7-11-17-15-9-4-6-13-19(15)23-21(16)17/h3-13,23H,2H2,1H3,(H,22,24). The molecule has 3 heteroatoms. The highest BCUT2D eigenvalue weighted by atomic mass is 16.1. The molecule has 0 aliphatic heterocycles. The van der Waals surface area contributed by atoms with Crippen LogP contribution in [0.15, 0.2) is 66.7 Å². The molecule has 0 atom stereocenters. The molecular weight excluding hydrogens is 296 g/mol. The Kier molecular flexibility index (Phi) is 3.54. The van der Waals surface area contributed by atoms with Crippen LogP contribution in [0.4, 0.5) is 5.69 Å². The van der Waals surface area contributed by atoms with Crippen LogP contribution >= 0.6 is 0 Å². The van der Waals surface area contributed by atoms with Crippen molar-refractivity contribution in [2.24, 2.45) is 0 Å². The fraction of sp³-hybridized carbons (Fsp3) is 0.0952. The summed E-state index contributed by atoms with van der Waals surface area (Å²) in [5.41, 5.74) is 5.18. The van der Waals surface area contributed by atoms with Crippen molar-refractivity contribution in [3.05, 3.63) is 66.7 Å². The number of carbonyl (C=O) groups is 1. The predicted octanol–water partition coefficient (Wildman–Crippen LogP) is 5.34. The second kappa shape index (κ2) is 5.85. The van der Waals surface area contributed by atoms with Gasteiger partial charge in [-0.05, 0) is 12.1 Å². The van der Waals surface area contributed by atoms with Gasteiger partial charge in [-0.1, -0.05) is 61.5 Å². The number of hydrogen-bond donors (Lipinski definition) is 2. The number of fused-ring (bicyclic) bond motifs is 3. The van der Waals surface area contributed by atoms with Crippen LogP contribution in [-0.2, 0) is 4.79 Å². The van der Waals surface area contributed by atoms with Crippen LogP contribution in [0.1, 0.15) is 13.3 Å². The van der Waals surface area contributed by atoms with Gasteiger partial charge >= 0.3 is 0 Å². The minimum Gasteiger partial charge on any atom is -0.354 e. The molecule has 0 saturated carbocycles. The summed E-state index contributed by atoms with van der Waals surface area (Å²) in [4.78, 5) is 15.4. The quantitative estimate of drug-likeness (QED) is 0.527. The van der Waals surface area contributed by atoms with Crippen LogP contribution in [0.25, 0.3) is 32.9 Å². The van der Waals surface area contributed by atoms with E-state index in [1.165, 1.54) is 10.8 Å². The molecule has 0 unspecified atom stereocenters. The lowest BCUT2D eigenvalue weighted by Crippen LogP contribution is -2.10. The average molecular weight is 314 g/mol. The van der Waals surface area contributed by atoms with Crippen molar-refractivity contribution < 1.29 is 4.79 Å². The number of carbonyl (C=O) groups excluding carboxylic acids is 1. The molecule has 0 spiro atoms. The predicted molar refractivity (Wildman–Crippen MR) is 100 cm³/mol. The zero-order chi connectivity index (χ0) is 16.5. The molecule has 0 saturated heterocycles. The molecule has 0 radical (unpaired) electrons. The number of para-hydroxylation sites is 3. The maximum absolute atomic E-state index is 11.9. The van der Waals surface area contributed by atoms with Gasteiger partial charge in [-0.25, -0.2) is 0 Å². The number of aromatic amines is 1. The van der Waals surface area contributed by atoms with E-state index in [1.807, 2.05) is 37.3 Å². The lowest BCUT2D eigenvalue weighted by Gasteiger charge is -2.11.